The molecule has 0 heterocycles. The minimum Gasteiger partial charge on any atom is -0.324 e. The van der Waals surface area contributed by atoms with Crippen molar-refractivity contribution in [3.05, 3.63) is 0 Å². The standard InChI is InChI=1S/C8H18ClN/c1-4-7(9)8(10,5-2)6-3/h7H,4-6,10H2,1-3H3. The van der Waals surface area contributed by atoms with Gasteiger partial charge in [-0.2, -0.15) is 0 Å². The lowest BCUT2D eigenvalue weighted by Crippen LogP contribution is -2.46. The van der Waals surface area contributed by atoms with Gasteiger partial charge in [0, 0.05) is 5.54 Å². The average molecular weight is 164 g/mol. The van der Waals surface area contributed by atoms with Crippen molar-refractivity contribution in [3.63, 3.8) is 0 Å². The van der Waals surface area contributed by atoms with Crippen molar-refractivity contribution in [1.29, 1.82) is 0 Å². The van der Waals surface area contributed by atoms with Crippen LogP contribution in [0.4, 0.5) is 0 Å². The molecule has 0 aliphatic carbocycles. The van der Waals surface area contributed by atoms with Gasteiger partial charge in [0.05, 0.1) is 5.38 Å². The first-order chi connectivity index (χ1) is 4.60. The third kappa shape index (κ3) is 2.14. The van der Waals surface area contributed by atoms with E-state index in [0.29, 0.717) is 0 Å². The lowest BCUT2D eigenvalue weighted by atomic mass is 9.89. The number of alkyl halides is 1. The number of hydrogen-bond acceptors (Lipinski definition) is 1. The first-order valence-electron chi connectivity index (χ1n) is 4.03. The largest absolute Gasteiger partial charge is 0.324 e. The zero-order valence-corrected chi connectivity index (χ0v) is 7.91. The summed E-state index contributed by atoms with van der Waals surface area (Å²) in [5.74, 6) is 0. The molecule has 0 saturated carbocycles. The molecule has 62 valence electrons. The van der Waals surface area contributed by atoms with E-state index in [1.54, 1.807) is 0 Å². The molecule has 0 fully saturated rings. The zero-order valence-electron chi connectivity index (χ0n) is 7.15. The molecule has 1 nitrogen and oxygen atoms in total. The smallest absolute Gasteiger partial charge is 0.0512 e. The highest BCUT2D eigenvalue weighted by molar-refractivity contribution is 6.21. The van der Waals surface area contributed by atoms with Gasteiger partial charge >= 0.3 is 0 Å². The molecule has 0 spiro atoms. The van der Waals surface area contributed by atoms with Gasteiger partial charge in [0.2, 0.25) is 0 Å². The fourth-order valence-electron chi connectivity index (χ4n) is 1.10. The molecule has 10 heavy (non-hydrogen) atoms. The maximum atomic E-state index is 6.05. The summed E-state index contributed by atoms with van der Waals surface area (Å²) in [6.07, 6.45) is 2.89. The summed E-state index contributed by atoms with van der Waals surface area (Å²) in [6, 6.07) is 0. The van der Waals surface area contributed by atoms with Gasteiger partial charge in [-0.3, -0.25) is 0 Å². The van der Waals surface area contributed by atoms with E-state index < -0.39 is 0 Å². The lowest BCUT2D eigenvalue weighted by molar-refractivity contribution is 0.370. The van der Waals surface area contributed by atoms with E-state index in [9.17, 15) is 0 Å². The molecule has 0 aromatic rings. The normalized spacial score (nSPS) is 15.3. The number of rotatable bonds is 4. The predicted molar refractivity (Wildman–Crippen MR) is 47.4 cm³/mol. The summed E-state index contributed by atoms with van der Waals surface area (Å²) in [5.41, 5.74) is 5.88. The predicted octanol–water partition coefficient (Wildman–Crippen LogP) is 2.52. The van der Waals surface area contributed by atoms with Gasteiger partial charge in [-0.25, -0.2) is 0 Å². The molecule has 0 aliphatic heterocycles. The highest BCUT2D eigenvalue weighted by atomic mass is 35.5. The van der Waals surface area contributed by atoms with Crippen molar-refractivity contribution in [1.82, 2.24) is 0 Å². The van der Waals surface area contributed by atoms with Crippen LogP contribution in [-0.2, 0) is 0 Å². The minimum atomic E-state index is -0.143. The van der Waals surface area contributed by atoms with Crippen LogP contribution in [0.2, 0.25) is 0 Å². The lowest BCUT2D eigenvalue weighted by Gasteiger charge is -2.31. The van der Waals surface area contributed by atoms with Gasteiger partial charge in [0.1, 0.15) is 0 Å². The second-order valence-corrected chi connectivity index (χ2v) is 3.34. The Bertz CT molecular complexity index is 89.3. The summed E-state index contributed by atoms with van der Waals surface area (Å²) in [5, 5.41) is 0.127. The van der Waals surface area contributed by atoms with Crippen LogP contribution >= 0.6 is 11.6 Å². The summed E-state index contributed by atoms with van der Waals surface area (Å²) >= 11 is 6.05. The molecule has 2 heteroatoms. The second-order valence-electron chi connectivity index (χ2n) is 2.82. The third-order valence-corrected chi connectivity index (χ3v) is 3.04. The Morgan fingerprint density at radius 3 is 1.80 bits per heavy atom. The van der Waals surface area contributed by atoms with E-state index in [1.807, 2.05) is 0 Å². The van der Waals surface area contributed by atoms with Gasteiger partial charge in [-0.05, 0) is 19.3 Å². The number of hydrogen-bond donors (Lipinski definition) is 1. The van der Waals surface area contributed by atoms with Gasteiger partial charge < -0.3 is 5.73 Å². The highest BCUT2D eigenvalue weighted by Crippen LogP contribution is 2.23. The zero-order chi connectivity index (χ0) is 8.20. The van der Waals surface area contributed by atoms with Crippen LogP contribution in [0.5, 0.6) is 0 Å². The number of halogens is 1. The van der Waals surface area contributed by atoms with Gasteiger partial charge in [-0.1, -0.05) is 20.8 Å². The van der Waals surface area contributed by atoms with Gasteiger partial charge in [0.15, 0.2) is 0 Å². The highest BCUT2D eigenvalue weighted by Gasteiger charge is 2.27. The van der Waals surface area contributed by atoms with Crippen molar-refractivity contribution in [3.8, 4) is 0 Å². The Hall–Kier alpha value is 0.250. The first-order valence-corrected chi connectivity index (χ1v) is 4.47. The van der Waals surface area contributed by atoms with Crippen molar-refractivity contribution in [2.24, 2.45) is 5.73 Å². The fraction of sp³-hybridized carbons (Fsp3) is 1.00. The molecule has 0 aliphatic rings. The Morgan fingerprint density at radius 1 is 1.30 bits per heavy atom. The van der Waals surface area contributed by atoms with Crippen LogP contribution in [0.3, 0.4) is 0 Å². The van der Waals surface area contributed by atoms with E-state index in [4.69, 9.17) is 17.3 Å². The SMILES string of the molecule is CCC(Cl)C(N)(CC)CC. The van der Waals surface area contributed by atoms with E-state index >= 15 is 0 Å². The molecule has 0 aromatic heterocycles. The molecular formula is C8H18ClN. The minimum absolute atomic E-state index is 0.127. The van der Waals surface area contributed by atoms with Crippen LogP contribution in [0.25, 0.3) is 0 Å². The summed E-state index contributed by atoms with van der Waals surface area (Å²) in [4.78, 5) is 0. The van der Waals surface area contributed by atoms with Crippen LogP contribution in [0.15, 0.2) is 0 Å². The Labute approximate surface area is 68.9 Å². The second kappa shape index (κ2) is 4.20. The van der Waals surface area contributed by atoms with Crippen molar-refractivity contribution < 1.29 is 0 Å². The van der Waals surface area contributed by atoms with Crippen molar-refractivity contribution >= 4 is 11.6 Å². The molecule has 0 saturated heterocycles. The maximum Gasteiger partial charge on any atom is 0.0512 e. The van der Waals surface area contributed by atoms with E-state index in [1.165, 1.54) is 0 Å². The monoisotopic (exact) mass is 163 g/mol. The van der Waals surface area contributed by atoms with Crippen molar-refractivity contribution in [2.45, 2.75) is 50.9 Å². The first kappa shape index (κ1) is 10.2. The quantitative estimate of drug-likeness (QED) is 0.634. The topological polar surface area (TPSA) is 26.0 Å². The summed E-state index contributed by atoms with van der Waals surface area (Å²) in [7, 11) is 0. The fourth-order valence-corrected chi connectivity index (χ4v) is 1.41. The van der Waals surface area contributed by atoms with Gasteiger partial charge in [-0.15, -0.1) is 11.6 Å². The molecule has 1 unspecified atom stereocenters. The molecule has 0 bridgehead atoms. The van der Waals surface area contributed by atoms with E-state index in [-0.39, 0.29) is 10.9 Å². The molecule has 2 N–H and O–H groups in total. The van der Waals surface area contributed by atoms with E-state index in [2.05, 4.69) is 20.8 Å². The maximum absolute atomic E-state index is 6.05. The Balaban J connectivity index is 4.02. The van der Waals surface area contributed by atoms with Crippen LogP contribution in [0.1, 0.15) is 40.0 Å². The third-order valence-electron chi connectivity index (χ3n) is 2.30. The van der Waals surface area contributed by atoms with Crippen LogP contribution in [0, 0.1) is 0 Å². The molecule has 0 aromatic carbocycles. The molecular weight excluding hydrogens is 146 g/mol. The van der Waals surface area contributed by atoms with Crippen LogP contribution < -0.4 is 5.73 Å². The van der Waals surface area contributed by atoms with Crippen molar-refractivity contribution in [2.75, 3.05) is 0 Å². The Kier molecular flexibility index (Phi) is 4.30. The molecule has 0 rings (SSSR count). The average Bonchev–Trinajstić information content (AvgIpc) is 2.01. The van der Waals surface area contributed by atoms with E-state index in [0.717, 1.165) is 19.3 Å². The van der Waals surface area contributed by atoms with Gasteiger partial charge in [0.25, 0.3) is 0 Å². The summed E-state index contributed by atoms with van der Waals surface area (Å²) < 4.78 is 0. The molecule has 1 atom stereocenters. The molecule has 0 amide bonds. The summed E-state index contributed by atoms with van der Waals surface area (Å²) in [6.45, 7) is 6.26. The Morgan fingerprint density at radius 2 is 1.70 bits per heavy atom. The molecule has 0 radical (unpaired) electrons. The van der Waals surface area contributed by atoms with Crippen LogP contribution in [-0.4, -0.2) is 10.9 Å². The number of nitrogens with two attached hydrogens (primary N) is 1.